The Balaban J connectivity index is 2.27. The van der Waals surface area contributed by atoms with Gasteiger partial charge in [0.15, 0.2) is 0 Å². The minimum Gasteiger partial charge on any atom is -0.313 e. The average Bonchev–Trinajstić information content (AvgIpc) is 2.46. The van der Waals surface area contributed by atoms with Crippen LogP contribution in [0.1, 0.15) is 23.4 Å². The van der Waals surface area contributed by atoms with Crippen molar-refractivity contribution in [2.45, 2.75) is 26.8 Å². The minimum atomic E-state index is -2.83. The van der Waals surface area contributed by atoms with E-state index in [4.69, 9.17) is 0 Å². The number of aromatic nitrogens is 2. The molecule has 0 saturated carbocycles. The zero-order valence-electron chi connectivity index (χ0n) is 10.0. The molecule has 5 nitrogen and oxygen atoms in total. The van der Waals surface area contributed by atoms with E-state index in [2.05, 4.69) is 15.5 Å². The summed E-state index contributed by atoms with van der Waals surface area (Å²) in [5.74, 6) is 0.239. The second-order valence-corrected chi connectivity index (χ2v) is 6.33. The summed E-state index contributed by atoms with van der Waals surface area (Å²) in [6.07, 6.45) is 1.91. The first-order chi connectivity index (χ1) is 7.40. The highest BCUT2D eigenvalue weighted by Gasteiger charge is 2.05. The molecule has 0 aromatic carbocycles. The number of sulfone groups is 1. The fourth-order valence-corrected chi connectivity index (χ4v) is 2.18. The van der Waals surface area contributed by atoms with Gasteiger partial charge in [-0.1, -0.05) is 0 Å². The Bertz CT molecular complexity index is 417. The van der Waals surface area contributed by atoms with E-state index in [1.807, 2.05) is 13.8 Å². The maximum atomic E-state index is 10.9. The van der Waals surface area contributed by atoms with Gasteiger partial charge in [-0.15, -0.1) is 0 Å². The lowest BCUT2D eigenvalue weighted by molar-refractivity contribution is 0.594. The van der Waals surface area contributed by atoms with Gasteiger partial charge in [0.25, 0.3) is 0 Å². The van der Waals surface area contributed by atoms with Crippen molar-refractivity contribution in [3.63, 3.8) is 0 Å². The summed E-state index contributed by atoms with van der Waals surface area (Å²) >= 11 is 0. The van der Waals surface area contributed by atoms with E-state index in [1.165, 1.54) is 11.8 Å². The molecule has 0 spiro atoms. The second-order valence-electron chi connectivity index (χ2n) is 4.07. The van der Waals surface area contributed by atoms with E-state index in [0.717, 1.165) is 17.9 Å². The van der Waals surface area contributed by atoms with Crippen LogP contribution in [-0.2, 0) is 16.4 Å². The lowest BCUT2D eigenvalue weighted by Crippen LogP contribution is -2.18. The number of nitrogens with zero attached hydrogens (tertiary/aromatic N) is 1. The molecule has 0 aliphatic heterocycles. The van der Waals surface area contributed by atoms with Crippen LogP contribution >= 0.6 is 0 Å². The van der Waals surface area contributed by atoms with E-state index in [1.54, 1.807) is 0 Å². The highest BCUT2D eigenvalue weighted by molar-refractivity contribution is 7.90. The molecule has 92 valence electrons. The first kappa shape index (κ1) is 13.2. The number of aromatic amines is 1. The van der Waals surface area contributed by atoms with Gasteiger partial charge in [-0.3, -0.25) is 5.10 Å². The molecule has 6 heteroatoms. The predicted octanol–water partition coefficient (Wildman–Crippen LogP) is 0.551. The molecule has 0 aliphatic rings. The number of hydrogen-bond acceptors (Lipinski definition) is 4. The Labute approximate surface area is 96.6 Å². The zero-order chi connectivity index (χ0) is 12.2. The van der Waals surface area contributed by atoms with Gasteiger partial charge < -0.3 is 5.32 Å². The van der Waals surface area contributed by atoms with Crippen molar-refractivity contribution in [3.05, 3.63) is 17.0 Å². The maximum Gasteiger partial charge on any atom is 0.147 e. The van der Waals surface area contributed by atoms with Crippen molar-refractivity contribution in [2.75, 3.05) is 18.6 Å². The van der Waals surface area contributed by atoms with Gasteiger partial charge in [0.2, 0.25) is 0 Å². The Morgan fingerprint density at radius 1 is 1.38 bits per heavy atom. The quantitative estimate of drug-likeness (QED) is 0.718. The average molecular weight is 245 g/mol. The monoisotopic (exact) mass is 245 g/mol. The van der Waals surface area contributed by atoms with Crippen LogP contribution in [0.4, 0.5) is 0 Å². The van der Waals surface area contributed by atoms with Crippen LogP contribution in [0.25, 0.3) is 0 Å². The third kappa shape index (κ3) is 4.32. The van der Waals surface area contributed by atoms with Crippen molar-refractivity contribution in [1.82, 2.24) is 15.5 Å². The van der Waals surface area contributed by atoms with Crippen LogP contribution < -0.4 is 5.32 Å². The molecule has 1 aromatic rings. The van der Waals surface area contributed by atoms with Crippen molar-refractivity contribution < 1.29 is 8.42 Å². The van der Waals surface area contributed by atoms with Gasteiger partial charge in [0, 0.05) is 24.1 Å². The number of hydrogen-bond donors (Lipinski definition) is 2. The van der Waals surface area contributed by atoms with Crippen LogP contribution in [0.15, 0.2) is 0 Å². The Kier molecular flexibility index (Phi) is 4.49. The summed E-state index contributed by atoms with van der Waals surface area (Å²) in [6, 6.07) is 0. The number of rotatable bonds is 6. The first-order valence-electron chi connectivity index (χ1n) is 5.29. The molecule has 1 rings (SSSR count). The van der Waals surface area contributed by atoms with Crippen molar-refractivity contribution >= 4 is 9.84 Å². The van der Waals surface area contributed by atoms with Crippen LogP contribution in [0.2, 0.25) is 0 Å². The normalized spacial score (nSPS) is 11.9. The minimum absolute atomic E-state index is 0.239. The van der Waals surface area contributed by atoms with Gasteiger partial charge in [-0.25, -0.2) is 8.42 Å². The number of H-pyrrole nitrogens is 1. The Morgan fingerprint density at radius 2 is 2.06 bits per heavy atom. The highest BCUT2D eigenvalue weighted by atomic mass is 32.2. The molecule has 2 N–H and O–H groups in total. The van der Waals surface area contributed by atoms with Crippen molar-refractivity contribution in [2.24, 2.45) is 0 Å². The molecular weight excluding hydrogens is 226 g/mol. The molecule has 0 atom stereocenters. The van der Waals surface area contributed by atoms with Crippen molar-refractivity contribution in [3.8, 4) is 0 Å². The van der Waals surface area contributed by atoms with E-state index in [0.29, 0.717) is 13.0 Å². The van der Waals surface area contributed by atoms with Crippen molar-refractivity contribution in [1.29, 1.82) is 0 Å². The largest absolute Gasteiger partial charge is 0.313 e. The molecule has 16 heavy (non-hydrogen) atoms. The zero-order valence-corrected chi connectivity index (χ0v) is 10.8. The molecule has 0 amide bonds. The topological polar surface area (TPSA) is 74.8 Å². The van der Waals surface area contributed by atoms with E-state index in [-0.39, 0.29) is 5.75 Å². The molecule has 0 aliphatic carbocycles. The molecule has 0 unspecified atom stereocenters. The third-order valence-corrected chi connectivity index (χ3v) is 3.48. The van der Waals surface area contributed by atoms with Gasteiger partial charge in [-0.2, -0.15) is 5.10 Å². The third-order valence-electron chi connectivity index (χ3n) is 2.45. The van der Waals surface area contributed by atoms with Crippen LogP contribution in [-0.4, -0.2) is 37.2 Å². The lowest BCUT2D eigenvalue weighted by Gasteiger charge is -2.04. The molecule has 1 aromatic heterocycles. The fraction of sp³-hybridized carbons (Fsp3) is 0.700. The summed E-state index contributed by atoms with van der Waals surface area (Å²) in [6.45, 7) is 5.37. The highest BCUT2D eigenvalue weighted by Crippen LogP contribution is 2.08. The molecule has 1 heterocycles. The van der Waals surface area contributed by atoms with Gasteiger partial charge in [0.05, 0.1) is 11.4 Å². The summed E-state index contributed by atoms with van der Waals surface area (Å²) in [7, 11) is -2.83. The Morgan fingerprint density at radius 3 is 2.56 bits per heavy atom. The van der Waals surface area contributed by atoms with Crippen LogP contribution in [0, 0.1) is 13.8 Å². The van der Waals surface area contributed by atoms with E-state index < -0.39 is 9.84 Å². The number of aryl methyl sites for hydroxylation is 2. The summed E-state index contributed by atoms with van der Waals surface area (Å²) < 4.78 is 21.8. The maximum absolute atomic E-state index is 10.9. The van der Waals surface area contributed by atoms with Gasteiger partial charge in [-0.05, 0) is 26.8 Å². The standard InChI is InChI=1S/C10H19N3O2S/c1-8-10(9(2)13-12-8)7-11-5-4-6-16(3,14)15/h11H,4-7H2,1-3H3,(H,12,13). The molecular formula is C10H19N3O2S. The summed E-state index contributed by atoms with van der Waals surface area (Å²) in [5, 5.41) is 10.2. The summed E-state index contributed by atoms with van der Waals surface area (Å²) in [5.41, 5.74) is 3.22. The van der Waals surface area contributed by atoms with Crippen LogP contribution in [0.5, 0.6) is 0 Å². The first-order valence-corrected chi connectivity index (χ1v) is 7.35. The number of nitrogens with one attached hydrogen (secondary N) is 2. The van der Waals surface area contributed by atoms with E-state index in [9.17, 15) is 8.42 Å². The molecule has 0 radical (unpaired) electrons. The van der Waals surface area contributed by atoms with E-state index >= 15 is 0 Å². The smallest absolute Gasteiger partial charge is 0.147 e. The lowest BCUT2D eigenvalue weighted by atomic mass is 10.2. The fourth-order valence-electron chi connectivity index (χ4n) is 1.51. The molecule has 0 fully saturated rings. The predicted molar refractivity (Wildman–Crippen MR) is 64.1 cm³/mol. The van der Waals surface area contributed by atoms with Gasteiger partial charge in [0.1, 0.15) is 9.84 Å². The SMILES string of the molecule is Cc1n[nH]c(C)c1CNCCCS(C)(=O)=O. The Hall–Kier alpha value is -0.880. The van der Waals surface area contributed by atoms with Crippen LogP contribution in [0.3, 0.4) is 0 Å². The summed E-state index contributed by atoms with van der Waals surface area (Å²) in [4.78, 5) is 0. The van der Waals surface area contributed by atoms with Gasteiger partial charge >= 0.3 is 0 Å². The molecule has 0 saturated heterocycles. The second kappa shape index (κ2) is 5.45. The molecule has 0 bridgehead atoms.